The Balaban J connectivity index is 2.41. The summed E-state index contributed by atoms with van der Waals surface area (Å²) in [4.78, 5) is 3.66. The number of ether oxygens (including phenoxy) is 2. The third-order valence-corrected chi connectivity index (χ3v) is 2.20. The van der Waals surface area contributed by atoms with E-state index in [9.17, 15) is 13.2 Å². The van der Waals surface area contributed by atoms with E-state index in [1.165, 1.54) is 7.11 Å². The third-order valence-electron chi connectivity index (χ3n) is 2.20. The van der Waals surface area contributed by atoms with Gasteiger partial charge in [-0.1, -0.05) is 0 Å². The highest BCUT2D eigenvalue weighted by Crippen LogP contribution is 2.43. The summed E-state index contributed by atoms with van der Waals surface area (Å²) < 4.78 is 48.2. The van der Waals surface area contributed by atoms with Gasteiger partial charge >= 0.3 is 6.18 Å². The standard InChI is InChI=1S/C10H10F3NO2/c1-15-7-4-14-5-8(16-6-2-3-6)9(7)10(11,12)13/h4-6H,2-3H2,1H3. The molecule has 16 heavy (non-hydrogen) atoms. The minimum absolute atomic E-state index is 0.116. The van der Waals surface area contributed by atoms with E-state index >= 15 is 0 Å². The first-order valence-electron chi connectivity index (χ1n) is 4.78. The molecule has 1 saturated carbocycles. The summed E-state index contributed by atoms with van der Waals surface area (Å²) in [6, 6.07) is 0. The Morgan fingerprint density at radius 2 is 1.88 bits per heavy atom. The largest absolute Gasteiger partial charge is 0.494 e. The Hall–Kier alpha value is -1.46. The maximum atomic E-state index is 12.8. The zero-order chi connectivity index (χ0) is 11.8. The minimum atomic E-state index is -4.50. The van der Waals surface area contributed by atoms with Crippen LogP contribution in [0.4, 0.5) is 13.2 Å². The predicted molar refractivity (Wildman–Crippen MR) is 49.4 cm³/mol. The number of hydrogen-bond donors (Lipinski definition) is 0. The summed E-state index contributed by atoms with van der Waals surface area (Å²) in [6.07, 6.45) is -0.941. The summed E-state index contributed by atoms with van der Waals surface area (Å²) in [7, 11) is 1.17. The summed E-state index contributed by atoms with van der Waals surface area (Å²) in [5.74, 6) is -0.569. The van der Waals surface area contributed by atoms with Crippen LogP contribution in [0.5, 0.6) is 11.5 Å². The van der Waals surface area contributed by atoms with Crippen LogP contribution in [-0.2, 0) is 6.18 Å². The van der Waals surface area contributed by atoms with Gasteiger partial charge in [-0.15, -0.1) is 0 Å². The summed E-state index contributed by atoms with van der Waals surface area (Å²) >= 11 is 0. The van der Waals surface area contributed by atoms with Crippen molar-refractivity contribution in [3.63, 3.8) is 0 Å². The molecule has 0 aromatic carbocycles. The van der Waals surface area contributed by atoms with Gasteiger partial charge in [-0.2, -0.15) is 13.2 Å². The summed E-state index contributed by atoms with van der Waals surface area (Å²) in [5.41, 5.74) is -0.892. The maximum absolute atomic E-state index is 12.8. The van der Waals surface area contributed by atoms with Gasteiger partial charge in [0.15, 0.2) is 11.5 Å². The Bertz CT molecular complexity index is 388. The van der Waals surface area contributed by atoms with E-state index in [-0.39, 0.29) is 17.6 Å². The van der Waals surface area contributed by atoms with Gasteiger partial charge in [0.2, 0.25) is 0 Å². The van der Waals surface area contributed by atoms with Crippen LogP contribution < -0.4 is 9.47 Å². The molecule has 0 saturated heterocycles. The maximum Gasteiger partial charge on any atom is 0.423 e. The lowest BCUT2D eigenvalue weighted by molar-refractivity contribution is -0.140. The smallest absolute Gasteiger partial charge is 0.423 e. The normalized spacial score (nSPS) is 16.0. The van der Waals surface area contributed by atoms with Crippen LogP contribution in [0, 0.1) is 0 Å². The van der Waals surface area contributed by atoms with Gasteiger partial charge in [0.05, 0.1) is 25.6 Å². The van der Waals surface area contributed by atoms with Gasteiger partial charge in [-0.25, -0.2) is 0 Å². The molecule has 0 spiro atoms. The highest BCUT2D eigenvalue weighted by Gasteiger charge is 2.40. The SMILES string of the molecule is COc1cncc(OC2CC2)c1C(F)(F)F. The second kappa shape index (κ2) is 3.84. The van der Waals surface area contributed by atoms with Gasteiger partial charge in [-0.3, -0.25) is 4.98 Å². The quantitative estimate of drug-likeness (QED) is 0.804. The van der Waals surface area contributed by atoms with Crippen molar-refractivity contribution >= 4 is 0 Å². The number of halogens is 3. The molecule has 0 unspecified atom stereocenters. The first kappa shape index (κ1) is 11.0. The zero-order valence-electron chi connectivity index (χ0n) is 8.54. The Kier molecular flexibility index (Phi) is 2.65. The Labute approximate surface area is 90.2 Å². The second-order valence-corrected chi connectivity index (χ2v) is 3.53. The van der Waals surface area contributed by atoms with Crippen molar-refractivity contribution in [2.45, 2.75) is 25.1 Å². The van der Waals surface area contributed by atoms with Crippen molar-refractivity contribution in [3.05, 3.63) is 18.0 Å². The van der Waals surface area contributed by atoms with Gasteiger partial charge in [-0.05, 0) is 12.8 Å². The van der Waals surface area contributed by atoms with E-state index in [1.54, 1.807) is 0 Å². The van der Waals surface area contributed by atoms with E-state index in [1.807, 2.05) is 0 Å². The lowest BCUT2D eigenvalue weighted by atomic mass is 10.2. The molecule has 1 aromatic heterocycles. The molecular formula is C10H10F3NO2. The number of rotatable bonds is 3. The molecule has 1 fully saturated rings. The average molecular weight is 233 g/mol. The van der Waals surface area contributed by atoms with E-state index in [0.717, 1.165) is 25.2 Å². The molecule has 1 aliphatic rings. The third kappa shape index (κ3) is 2.20. The van der Waals surface area contributed by atoms with Crippen LogP contribution in [0.3, 0.4) is 0 Å². The molecule has 0 N–H and O–H groups in total. The van der Waals surface area contributed by atoms with Crippen LogP contribution in [0.15, 0.2) is 12.4 Å². The molecule has 0 amide bonds. The van der Waals surface area contributed by atoms with Crippen LogP contribution >= 0.6 is 0 Å². The first-order valence-corrected chi connectivity index (χ1v) is 4.78. The molecular weight excluding hydrogens is 223 g/mol. The zero-order valence-corrected chi connectivity index (χ0v) is 8.54. The molecule has 6 heteroatoms. The van der Waals surface area contributed by atoms with E-state index < -0.39 is 11.7 Å². The fraction of sp³-hybridized carbons (Fsp3) is 0.500. The van der Waals surface area contributed by atoms with Gasteiger partial charge in [0, 0.05) is 0 Å². The Morgan fingerprint density at radius 3 is 2.38 bits per heavy atom. The van der Waals surface area contributed by atoms with E-state index in [4.69, 9.17) is 4.74 Å². The molecule has 1 heterocycles. The van der Waals surface area contributed by atoms with Crippen molar-refractivity contribution in [2.24, 2.45) is 0 Å². The highest BCUT2D eigenvalue weighted by molar-refractivity contribution is 5.44. The first-order chi connectivity index (χ1) is 7.52. The van der Waals surface area contributed by atoms with Crippen LogP contribution in [0.1, 0.15) is 18.4 Å². The fourth-order valence-electron chi connectivity index (χ4n) is 1.31. The highest BCUT2D eigenvalue weighted by atomic mass is 19.4. The number of methoxy groups -OCH3 is 1. The summed E-state index contributed by atoms with van der Waals surface area (Å²) in [6.45, 7) is 0. The number of nitrogens with zero attached hydrogens (tertiary/aromatic N) is 1. The average Bonchev–Trinajstić information content (AvgIpc) is 2.99. The molecule has 0 aliphatic heterocycles. The van der Waals surface area contributed by atoms with Crippen LogP contribution in [0.25, 0.3) is 0 Å². The molecule has 0 bridgehead atoms. The number of aromatic nitrogens is 1. The topological polar surface area (TPSA) is 31.4 Å². The minimum Gasteiger partial charge on any atom is -0.494 e. The molecule has 88 valence electrons. The predicted octanol–water partition coefficient (Wildman–Crippen LogP) is 2.65. The fourth-order valence-corrected chi connectivity index (χ4v) is 1.31. The van der Waals surface area contributed by atoms with Crippen molar-refractivity contribution in [1.29, 1.82) is 0 Å². The number of hydrogen-bond acceptors (Lipinski definition) is 3. The van der Waals surface area contributed by atoms with Crippen molar-refractivity contribution < 1.29 is 22.6 Å². The molecule has 2 rings (SSSR count). The van der Waals surface area contributed by atoms with Crippen molar-refractivity contribution in [3.8, 4) is 11.5 Å². The number of pyridine rings is 1. The monoisotopic (exact) mass is 233 g/mol. The summed E-state index contributed by atoms with van der Waals surface area (Å²) in [5, 5.41) is 0. The lowest BCUT2D eigenvalue weighted by Gasteiger charge is -2.15. The lowest BCUT2D eigenvalue weighted by Crippen LogP contribution is -2.12. The van der Waals surface area contributed by atoms with Gasteiger partial charge < -0.3 is 9.47 Å². The molecule has 3 nitrogen and oxygen atoms in total. The molecule has 1 aliphatic carbocycles. The van der Waals surface area contributed by atoms with E-state index in [2.05, 4.69) is 9.72 Å². The van der Waals surface area contributed by atoms with Crippen molar-refractivity contribution in [1.82, 2.24) is 4.98 Å². The van der Waals surface area contributed by atoms with Crippen LogP contribution in [0.2, 0.25) is 0 Å². The second-order valence-electron chi connectivity index (χ2n) is 3.53. The van der Waals surface area contributed by atoms with Gasteiger partial charge in [0.25, 0.3) is 0 Å². The van der Waals surface area contributed by atoms with Crippen molar-refractivity contribution in [2.75, 3.05) is 7.11 Å². The molecule has 0 radical (unpaired) electrons. The van der Waals surface area contributed by atoms with E-state index in [0.29, 0.717) is 0 Å². The Morgan fingerprint density at radius 1 is 1.25 bits per heavy atom. The van der Waals surface area contributed by atoms with Crippen LogP contribution in [-0.4, -0.2) is 18.2 Å². The van der Waals surface area contributed by atoms with Gasteiger partial charge in [0.1, 0.15) is 5.56 Å². The molecule has 1 aromatic rings. The molecule has 0 atom stereocenters. The number of alkyl halides is 3.